The molecule has 0 bridgehead atoms. The maximum absolute atomic E-state index is 12.9. The van der Waals surface area contributed by atoms with Gasteiger partial charge >= 0.3 is 0 Å². The minimum Gasteiger partial charge on any atom is -0.508 e. The van der Waals surface area contributed by atoms with Crippen LogP contribution in [0.15, 0.2) is 45.6 Å². The Labute approximate surface area is 241 Å². The summed E-state index contributed by atoms with van der Waals surface area (Å²) in [4.78, 5) is 12.9. The summed E-state index contributed by atoms with van der Waals surface area (Å²) in [5.41, 5.74) is -0.554. The second-order valence-electron chi connectivity index (χ2n) is 10.1. The van der Waals surface area contributed by atoms with Crippen molar-refractivity contribution in [2.75, 3.05) is 13.2 Å². The van der Waals surface area contributed by atoms with E-state index in [-0.39, 0.29) is 17.1 Å². The van der Waals surface area contributed by atoms with Crippen LogP contribution in [-0.4, -0.2) is 126 Å². The molecule has 0 amide bonds. The molecule has 5 rings (SSSR count). The van der Waals surface area contributed by atoms with E-state index in [0.717, 1.165) is 12.1 Å². The third kappa shape index (κ3) is 5.85. The highest BCUT2D eigenvalue weighted by Gasteiger charge is 2.48. The summed E-state index contributed by atoms with van der Waals surface area (Å²) >= 11 is 0. The van der Waals surface area contributed by atoms with E-state index in [9.17, 15) is 55.9 Å². The molecule has 3 aromatic rings. The Kier molecular flexibility index (Phi) is 8.77. The first-order valence-electron chi connectivity index (χ1n) is 13.0. The number of ether oxygens (including phenoxy) is 4. The molecule has 0 aliphatic carbocycles. The number of phenolic OH excluding ortho intramolecular Hbond substituents is 3. The quantitative estimate of drug-likeness (QED) is 0.133. The molecule has 16 heteroatoms. The molecule has 0 radical (unpaired) electrons. The molecule has 2 aromatic carbocycles. The molecular formula is C27H30O16. The third-order valence-corrected chi connectivity index (χ3v) is 7.25. The number of aliphatic hydroxyl groups is 7. The first kappa shape index (κ1) is 30.9. The van der Waals surface area contributed by atoms with Gasteiger partial charge in [0.2, 0.25) is 12.0 Å². The summed E-state index contributed by atoms with van der Waals surface area (Å²) in [5.74, 6) is -2.31. The van der Waals surface area contributed by atoms with E-state index in [1.165, 1.54) is 24.3 Å². The lowest BCUT2D eigenvalue weighted by atomic mass is 9.98. The first-order chi connectivity index (χ1) is 20.4. The van der Waals surface area contributed by atoms with Crippen molar-refractivity contribution < 1.29 is 74.4 Å². The Morgan fingerprint density at radius 1 is 0.744 bits per heavy atom. The van der Waals surface area contributed by atoms with Crippen LogP contribution in [0.2, 0.25) is 0 Å². The number of rotatable bonds is 7. The lowest BCUT2D eigenvalue weighted by Gasteiger charge is -2.42. The zero-order valence-corrected chi connectivity index (χ0v) is 22.1. The number of aromatic hydroxyl groups is 3. The molecule has 0 spiro atoms. The van der Waals surface area contributed by atoms with Crippen LogP contribution in [0.4, 0.5) is 0 Å². The van der Waals surface area contributed by atoms with Crippen molar-refractivity contribution in [1.82, 2.24) is 0 Å². The predicted molar refractivity (Wildman–Crippen MR) is 140 cm³/mol. The van der Waals surface area contributed by atoms with E-state index in [1.807, 2.05) is 0 Å². The van der Waals surface area contributed by atoms with Crippen molar-refractivity contribution in [1.29, 1.82) is 0 Å². The van der Waals surface area contributed by atoms with Crippen LogP contribution < -0.4 is 10.2 Å². The van der Waals surface area contributed by atoms with Crippen molar-refractivity contribution >= 4 is 11.0 Å². The average Bonchev–Trinajstić information content (AvgIpc) is 2.98. The first-order valence-corrected chi connectivity index (χ1v) is 13.0. The topological polar surface area (TPSA) is 269 Å². The fourth-order valence-electron chi connectivity index (χ4n) is 4.82. The Morgan fingerprint density at radius 3 is 2.00 bits per heavy atom. The number of hydrogen-bond acceptors (Lipinski definition) is 16. The van der Waals surface area contributed by atoms with Crippen LogP contribution in [-0.2, 0) is 14.2 Å². The van der Waals surface area contributed by atoms with Gasteiger partial charge in [-0.25, -0.2) is 0 Å². The van der Waals surface area contributed by atoms with Crippen molar-refractivity contribution in [2.24, 2.45) is 0 Å². The minimum absolute atomic E-state index is 0.0172. The van der Waals surface area contributed by atoms with Crippen molar-refractivity contribution in [3.05, 3.63) is 46.6 Å². The SMILES string of the molecule is O=c1cc(-c2ccc(O)cc2)oc2cc(O)c(OC3OC(COC4OC(CO)C(O)C(O)C4O)C(O)C(O)C3O)c(O)c12. The Balaban J connectivity index is 1.36. The van der Waals surface area contributed by atoms with Gasteiger partial charge in [-0.3, -0.25) is 4.79 Å². The van der Waals surface area contributed by atoms with Gasteiger partial charge in [0.1, 0.15) is 71.3 Å². The molecule has 234 valence electrons. The van der Waals surface area contributed by atoms with Crippen LogP contribution in [0.1, 0.15) is 0 Å². The van der Waals surface area contributed by atoms with E-state index in [4.69, 9.17) is 23.4 Å². The van der Waals surface area contributed by atoms with Crippen LogP contribution in [0.5, 0.6) is 23.0 Å². The molecule has 3 heterocycles. The fourth-order valence-corrected chi connectivity index (χ4v) is 4.82. The number of benzene rings is 2. The molecular weight excluding hydrogens is 580 g/mol. The lowest BCUT2D eigenvalue weighted by molar-refractivity contribution is -0.323. The normalized spacial score (nSPS) is 33.0. The Hall–Kier alpha value is -3.55. The van der Waals surface area contributed by atoms with Gasteiger partial charge in [-0.2, -0.15) is 0 Å². The summed E-state index contributed by atoms with van der Waals surface area (Å²) < 4.78 is 27.2. The number of aliphatic hydroxyl groups excluding tert-OH is 7. The highest BCUT2D eigenvalue weighted by Crippen LogP contribution is 2.43. The molecule has 2 aliphatic rings. The zero-order valence-electron chi connectivity index (χ0n) is 22.1. The predicted octanol–water partition coefficient (Wildman–Crippen LogP) is -2.42. The smallest absolute Gasteiger partial charge is 0.229 e. The largest absolute Gasteiger partial charge is 0.508 e. The number of hydrogen-bond donors (Lipinski definition) is 10. The van der Waals surface area contributed by atoms with Crippen LogP contribution in [0.25, 0.3) is 22.3 Å². The average molecular weight is 611 g/mol. The molecule has 1 aromatic heterocycles. The molecule has 43 heavy (non-hydrogen) atoms. The number of fused-ring (bicyclic) bond motifs is 1. The van der Waals surface area contributed by atoms with Crippen molar-refractivity contribution in [3.8, 4) is 34.3 Å². The van der Waals surface area contributed by atoms with Gasteiger partial charge in [0.25, 0.3) is 0 Å². The highest BCUT2D eigenvalue weighted by atomic mass is 16.7. The summed E-state index contributed by atoms with van der Waals surface area (Å²) in [6, 6.07) is 7.73. The summed E-state index contributed by atoms with van der Waals surface area (Å²) in [5, 5.41) is 101. The highest BCUT2D eigenvalue weighted by molar-refractivity contribution is 5.89. The van der Waals surface area contributed by atoms with Crippen molar-refractivity contribution in [3.63, 3.8) is 0 Å². The van der Waals surface area contributed by atoms with Gasteiger partial charge < -0.3 is 74.4 Å². The van der Waals surface area contributed by atoms with E-state index in [2.05, 4.69) is 0 Å². The van der Waals surface area contributed by atoms with Gasteiger partial charge in [-0.1, -0.05) is 0 Å². The summed E-state index contributed by atoms with van der Waals surface area (Å²) in [7, 11) is 0. The summed E-state index contributed by atoms with van der Waals surface area (Å²) in [6.45, 7) is -1.36. The van der Waals surface area contributed by atoms with Gasteiger partial charge in [-0.15, -0.1) is 0 Å². The molecule has 2 saturated heterocycles. The fraction of sp³-hybridized carbons (Fsp3) is 0.444. The Bertz CT molecular complexity index is 1490. The van der Waals surface area contributed by atoms with Crippen molar-refractivity contribution in [2.45, 2.75) is 61.4 Å². The summed E-state index contributed by atoms with van der Waals surface area (Å²) in [6.07, 6.45) is -17.0. The van der Waals surface area contributed by atoms with E-state index in [1.54, 1.807) is 0 Å². The Morgan fingerprint density at radius 2 is 1.35 bits per heavy atom. The number of phenols is 3. The van der Waals surface area contributed by atoms with E-state index in [0.29, 0.717) is 5.56 Å². The van der Waals surface area contributed by atoms with Gasteiger partial charge in [0, 0.05) is 17.7 Å². The molecule has 10 N–H and O–H groups in total. The maximum Gasteiger partial charge on any atom is 0.229 e. The monoisotopic (exact) mass is 610 g/mol. The molecule has 2 fully saturated rings. The minimum atomic E-state index is -1.94. The zero-order chi connectivity index (χ0) is 31.2. The molecule has 0 saturated carbocycles. The molecule has 10 unspecified atom stereocenters. The van der Waals surface area contributed by atoms with E-state index >= 15 is 0 Å². The van der Waals surface area contributed by atoms with Crippen LogP contribution in [0, 0.1) is 0 Å². The van der Waals surface area contributed by atoms with Gasteiger partial charge in [0.05, 0.1) is 13.2 Å². The second kappa shape index (κ2) is 12.2. The molecule has 10 atom stereocenters. The van der Waals surface area contributed by atoms with Gasteiger partial charge in [-0.05, 0) is 24.3 Å². The van der Waals surface area contributed by atoms with Crippen LogP contribution >= 0.6 is 0 Å². The van der Waals surface area contributed by atoms with Gasteiger partial charge in [0.15, 0.2) is 23.2 Å². The standard InChI is InChI=1S/C27H30O16/c28-7-15-18(32)21(35)23(37)26(41-15)39-8-16-19(33)22(36)24(38)27(42-16)43-25-12(31)6-14-17(20(25)34)11(30)5-13(40-14)9-1-3-10(29)4-2-9/h1-6,15-16,18-19,21-24,26-29,31-38H,7-8H2. The van der Waals surface area contributed by atoms with E-state index < -0.39 is 103 Å². The third-order valence-electron chi connectivity index (χ3n) is 7.25. The maximum atomic E-state index is 12.9. The lowest BCUT2D eigenvalue weighted by Crippen LogP contribution is -2.62. The van der Waals surface area contributed by atoms with Crippen LogP contribution in [0.3, 0.4) is 0 Å². The second-order valence-corrected chi connectivity index (χ2v) is 10.1. The molecule has 2 aliphatic heterocycles. The molecule has 16 nitrogen and oxygen atoms in total.